The molecule has 0 aliphatic heterocycles. The molecule has 3 aromatic carbocycles. The van der Waals surface area contributed by atoms with Gasteiger partial charge in [0.15, 0.2) is 0 Å². The smallest absolute Gasteiger partial charge is 0.264 e. The minimum absolute atomic E-state index is 0.0130. The summed E-state index contributed by atoms with van der Waals surface area (Å²) in [5.74, 6) is -0.413. The summed E-state index contributed by atoms with van der Waals surface area (Å²) < 4.78 is 27.9. The van der Waals surface area contributed by atoms with Crippen LogP contribution in [-0.4, -0.2) is 45.9 Å². The summed E-state index contributed by atoms with van der Waals surface area (Å²) in [6.45, 7) is 6.20. The van der Waals surface area contributed by atoms with Gasteiger partial charge in [-0.25, -0.2) is 8.42 Å². The number of amides is 1. The van der Waals surface area contributed by atoms with Crippen LogP contribution in [0.2, 0.25) is 0 Å². The van der Waals surface area contributed by atoms with E-state index in [4.69, 9.17) is 0 Å². The Labute approximate surface area is 196 Å². The number of hydrogen-bond acceptors (Lipinski definition) is 4. The first-order valence-electron chi connectivity index (χ1n) is 11.1. The van der Waals surface area contributed by atoms with Gasteiger partial charge >= 0.3 is 0 Å². The second-order valence-electron chi connectivity index (χ2n) is 7.66. The summed E-state index contributed by atoms with van der Waals surface area (Å²) in [5.41, 5.74) is 1.76. The Morgan fingerprint density at radius 3 is 2.00 bits per heavy atom. The SMILES string of the molecule is CCN(CC)C(CNC(=O)c1ccccc1S(=O)(=O)N(C)c1ccccc1)c1ccccc1. The minimum Gasteiger partial charge on any atom is -0.350 e. The molecule has 0 saturated carbocycles. The zero-order chi connectivity index (χ0) is 23.8. The maximum Gasteiger partial charge on any atom is 0.264 e. The van der Waals surface area contributed by atoms with E-state index >= 15 is 0 Å². The van der Waals surface area contributed by atoms with Crippen LogP contribution in [0.5, 0.6) is 0 Å². The number of benzene rings is 3. The lowest BCUT2D eigenvalue weighted by Gasteiger charge is -2.30. The Balaban J connectivity index is 1.86. The first-order chi connectivity index (χ1) is 15.9. The van der Waals surface area contributed by atoms with Gasteiger partial charge in [-0.1, -0.05) is 74.5 Å². The number of carbonyl (C=O) groups is 1. The van der Waals surface area contributed by atoms with Crippen LogP contribution in [0.15, 0.2) is 89.8 Å². The second-order valence-corrected chi connectivity index (χ2v) is 9.60. The summed E-state index contributed by atoms with van der Waals surface area (Å²) in [6.07, 6.45) is 0. The number of rotatable bonds is 10. The molecule has 33 heavy (non-hydrogen) atoms. The molecule has 6 nitrogen and oxygen atoms in total. The first-order valence-corrected chi connectivity index (χ1v) is 12.5. The average molecular weight is 466 g/mol. The lowest BCUT2D eigenvalue weighted by molar-refractivity contribution is 0.0931. The number of sulfonamides is 1. The maximum atomic E-state index is 13.4. The normalized spacial score (nSPS) is 12.4. The summed E-state index contributed by atoms with van der Waals surface area (Å²) in [7, 11) is -2.43. The van der Waals surface area contributed by atoms with E-state index in [1.165, 1.54) is 17.4 Å². The van der Waals surface area contributed by atoms with E-state index in [0.29, 0.717) is 12.2 Å². The van der Waals surface area contributed by atoms with Crippen LogP contribution >= 0.6 is 0 Å². The van der Waals surface area contributed by atoms with Gasteiger partial charge < -0.3 is 5.32 Å². The molecule has 174 valence electrons. The van der Waals surface area contributed by atoms with Crippen LogP contribution in [0.1, 0.15) is 35.8 Å². The average Bonchev–Trinajstić information content (AvgIpc) is 2.87. The summed E-state index contributed by atoms with van der Waals surface area (Å²) >= 11 is 0. The standard InChI is InChI=1S/C26H31N3O3S/c1-4-29(5-2)24(21-14-8-6-9-15-21)20-27-26(30)23-18-12-13-19-25(23)33(31,32)28(3)22-16-10-7-11-17-22/h6-19,24H,4-5,20H2,1-3H3,(H,27,30). The van der Waals surface area contributed by atoms with E-state index < -0.39 is 15.9 Å². The molecular formula is C26H31N3O3S. The van der Waals surface area contributed by atoms with Crippen molar-refractivity contribution in [2.45, 2.75) is 24.8 Å². The monoisotopic (exact) mass is 465 g/mol. The highest BCUT2D eigenvalue weighted by molar-refractivity contribution is 7.92. The highest BCUT2D eigenvalue weighted by Gasteiger charge is 2.27. The van der Waals surface area contributed by atoms with E-state index in [1.54, 1.807) is 42.5 Å². The molecule has 3 aromatic rings. The zero-order valence-corrected chi connectivity index (χ0v) is 20.1. The molecule has 0 heterocycles. The predicted octanol–water partition coefficient (Wildman–Crippen LogP) is 4.32. The molecule has 0 saturated heterocycles. The molecule has 7 heteroatoms. The Bertz CT molecular complexity index is 1150. The van der Waals surface area contributed by atoms with E-state index in [-0.39, 0.29) is 16.5 Å². The third-order valence-corrected chi connectivity index (χ3v) is 7.63. The van der Waals surface area contributed by atoms with Gasteiger partial charge in [-0.2, -0.15) is 0 Å². The summed E-state index contributed by atoms with van der Waals surface area (Å²) in [5, 5.41) is 2.97. The Morgan fingerprint density at radius 2 is 1.39 bits per heavy atom. The quantitative estimate of drug-likeness (QED) is 0.484. The van der Waals surface area contributed by atoms with Gasteiger partial charge in [-0.3, -0.25) is 14.0 Å². The fourth-order valence-electron chi connectivity index (χ4n) is 3.89. The molecular weight excluding hydrogens is 434 g/mol. The van der Waals surface area contributed by atoms with Crippen molar-refractivity contribution < 1.29 is 13.2 Å². The van der Waals surface area contributed by atoms with Crippen LogP contribution in [0.25, 0.3) is 0 Å². The van der Waals surface area contributed by atoms with Crippen molar-refractivity contribution in [3.8, 4) is 0 Å². The highest BCUT2D eigenvalue weighted by atomic mass is 32.2. The Kier molecular flexibility index (Phi) is 8.25. The van der Waals surface area contributed by atoms with Gasteiger partial charge in [0.2, 0.25) is 0 Å². The molecule has 1 amide bonds. The maximum absolute atomic E-state index is 13.4. The number of nitrogens with zero attached hydrogens (tertiary/aromatic N) is 2. The molecule has 3 rings (SSSR count). The van der Waals surface area contributed by atoms with Crippen LogP contribution in [0, 0.1) is 0 Å². The highest BCUT2D eigenvalue weighted by Crippen LogP contribution is 2.25. The first kappa shape index (κ1) is 24.5. The van der Waals surface area contributed by atoms with E-state index in [0.717, 1.165) is 18.7 Å². The number of hydrogen-bond donors (Lipinski definition) is 1. The zero-order valence-electron chi connectivity index (χ0n) is 19.3. The van der Waals surface area contributed by atoms with E-state index in [9.17, 15) is 13.2 Å². The number of nitrogens with one attached hydrogen (secondary N) is 1. The number of para-hydroxylation sites is 1. The van der Waals surface area contributed by atoms with Crippen molar-refractivity contribution in [2.75, 3.05) is 31.0 Å². The van der Waals surface area contributed by atoms with Crippen molar-refractivity contribution >= 4 is 21.6 Å². The van der Waals surface area contributed by atoms with Crippen LogP contribution < -0.4 is 9.62 Å². The summed E-state index contributed by atoms with van der Waals surface area (Å²) in [4.78, 5) is 15.4. The molecule has 1 unspecified atom stereocenters. The number of carbonyl (C=O) groups excluding carboxylic acids is 1. The van der Waals surface area contributed by atoms with Gasteiger partial charge in [0, 0.05) is 13.6 Å². The minimum atomic E-state index is -3.92. The predicted molar refractivity (Wildman–Crippen MR) is 133 cm³/mol. The molecule has 0 bridgehead atoms. The van der Waals surface area contributed by atoms with Gasteiger partial charge in [0.1, 0.15) is 4.90 Å². The van der Waals surface area contributed by atoms with Gasteiger partial charge in [0.25, 0.3) is 15.9 Å². The third-order valence-electron chi connectivity index (χ3n) is 5.78. The van der Waals surface area contributed by atoms with Crippen molar-refractivity contribution in [3.05, 3.63) is 96.1 Å². The van der Waals surface area contributed by atoms with Crippen molar-refractivity contribution in [1.82, 2.24) is 10.2 Å². The largest absolute Gasteiger partial charge is 0.350 e. The molecule has 0 radical (unpaired) electrons. The van der Waals surface area contributed by atoms with Crippen LogP contribution in [-0.2, 0) is 10.0 Å². The molecule has 0 aliphatic rings. The topological polar surface area (TPSA) is 69.7 Å². The van der Waals surface area contributed by atoms with E-state index in [2.05, 4.69) is 24.1 Å². The lowest BCUT2D eigenvalue weighted by Crippen LogP contribution is -2.38. The third kappa shape index (κ3) is 5.61. The molecule has 0 fully saturated rings. The number of likely N-dealkylation sites (N-methyl/N-ethyl adjacent to an activating group) is 1. The molecule has 0 aliphatic carbocycles. The van der Waals surface area contributed by atoms with Crippen LogP contribution in [0.4, 0.5) is 5.69 Å². The molecule has 0 spiro atoms. The Hall–Kier alpha value is -3.16. The fraction of sp³-hybridized carbons (Fsp3) is 0.269. The second kappa shape index (κ2) is 11.1. The van der Waals surface area contributed by atoms with Gasteiger partial charge in [0.05, 0.1) is 17.3 Å². The molecule has 1 N–H and O–H groups in total. The van der Waals surface area contributed by atoms with Crippen LogP contribution in [0.3, 0.4) is 0 Å². The van der Waals surface area contributed by atoms with Gasteiger partial charge in [-0.05, 0) is 42.9 Å². The van der Waals surface area contributed by atoms with E-state index in [1.807, 2.05) is 36.4 Å². The van der Waals surface area contributed by atoms with Crippen molar-refractivity contribution in [3.63, 3.8) is 0 Å². The van der Waals surface area contributed by atoms with Crippen molar-refractivity contribution in [2.24, 2.45) is 0 Å². The number of anilines is 1. The van der Waals surface area contributed by atoms with Gasteiger partial charge in [-0.15, -0.1) is 0 Å². The molecule has 0 aromatic heterocycles. The summed E-state index contributed by atoms with van der Waals surface area (Å²) in [6, 6.07) is 25.1. The molecule has 1 atom stereocenters. The lowest BCUT2D eigenvalue weighted by atomic mass is 10.0. The van der Waals surface area contributed by atoms with Crippen molar-refractivity contribution in [1.29, 1.82) is 0 Å². The fourth-order valence-corrected chi connectivity index (χ4v) is 5.27. The Morgan fingerprint density at radius 1 is 0.848 bits per heavy atom.